The maximum absolute atomic E-state index is 12.4. The zero-order chi connectivity index (χ0) is 19.7. The molecule has 6 heteroatoms. The second kappa shape index (κ2) is 10.2. The largest absolute Gasteiger partial charge is 0.322 e. The minimum Gasteiger partial charge on any atom is -0.322 e. The number of nitrogens with one attached hydrogen (secondary N) is 2. The Morgan fingerprint density at radius 3 is 2.07 bits per heavy atom. The van der Waals surface area contributed by atoms with Gasteiger partial charge in [-0.25, -0.2) is 13.1 Å². The summed E-state index contributed by atoms with van der Waals surface area (Å²) in [6, 6.07) is 15.2. The van der Waals surface area contributed by atoms with E-state index >= 15 is 0 Å². The van der Waals surface area contributed by atoms with E-state index in [0.29, 0.717) is 18.5 Å². The van der Waals surface area contributed by atoms with E-state index in [1.165, 1.54) is 24.8 Å². The van der Waals surface area contributed by atoms with Crippen molar-refractivity contribution in [2.45, 2.75) is 39.0 Å². The number of aryl methyl sites for hydroxylation is 1. The highest BCUT2D eigenvalue weighted by Crippen LogP contribution is 2.14. The number of amides is 1. The first-order chi connectivity index (χ1) is 12.9. The van der Waals surface area contributed by atoms with Crippen molar-refractivity contribution in [3.05, 3.63) is 65.2 Å². The summed E-state index contributed by atoms with van der Waals surface area (Å²) in [5.74, 6) is -0.158. The Morgan fingerprint density at radius 1 is 0.889 bits per heavy atom. The molecule has 2 aromatic carbocycles. The number of unbranched alkanes of at least 4 members (excludes halogenated alkanes) is 2. The van der Waals surface area contributed by atoms with Gasteiger partial charge in [0.25, 0.3) is 5.91 Å². The molecule has 5 nitrogen and oxygen atoms in total. The smallest absolute Gasteiger partial charge is 0.255 e. The molecule has 0 radical (unpaired) electrons. The number of rotatable bonds is 10. The SMILES string of the molecule is CCCCCc1ccc(NC(=O)c2ccc(CCNS(C)(=O)=O)cc2)cc1. The number of sulfonamides is 1. The Bertz CT molecular complexity index is 829. The molecule has 0 aliphatic rings. The van der Waals surface area contributed by atoms with Crippen LogP contribution in [0.3, 0.4) is 0 Å². The van der Waals surface area contributed by atoms with Gasteiger partial charge in [-0.2, -0.15) is 0 Å². The van der Waals surface area contributed by atoms with E-state index in [1.54, 1.807) is 12.1 Å². The summed E-state index contributed by atoms with van der Waals surface area (Å²) in [6.07, 6.45) is 6.42. The van der Waals surface area contributed by atoms with Crippen molar-refractivity contribution in [1.29, 1.82) is 0 Å². The first-order valence-electron chi connectivity index (χ1n) is 9.31. The Morgan fingerprint density at radius 2 is 1.48 bits per heavy atom. The summed E-state index contributed by atoms with van der Waals surface area (Å²) in [6.45, 7) is 2.53. The second-order valence-electron chi connectivity index (χ2n) is 6.72. The van der Waals surface area contributed by atoms with Gasteiger partial charge in [0.05, 0.1) is 6.26 Å². The first-order valence-corrected chi connectivity index (χ1v) is 11.2. The Labute approximate surface area is 162 Å². The number of carbonyl (C=O) groups excluding carboxylic acids is 1. The van der Waals surface area contributed by atoms with Crippen molar-refractivity contribution < 1.29 is 13.2 Å². The van der Waals surface area contributed by atoms with Crippen LogP contribution in [0.1, 0.15) is 47.7 Å². The van der Waals surface area contributed by atoms with Crippen LogP contribution < -0.4 is 10.0 Å². The highest BCUT2D eigenvalue weighted by Gasteiger charge is 2.07. The summed E-state index contributed by atoms with van der Waals surface area (Å²) in [7, 11) is -3.17. The van der Waals surface area contributed by atoms with Crippen LogP contribution in [0, 0.1) is 0 Å². The highest BCUT2D eigenvalue weighted by molar-refractivity contribution is 7.88. The lowest BCUT2D eigenvalue weighted by Crippen LogP contribution is -2.24. The third kappa shape index (κ3) is 7.93. The molecule has 0 unspecified atom stereocenters. The van der Waals surface area contributed by atoms with Crippen LogP contribution in [0.15, 0.2) is 48.5 Å². The molecular formula is C21H28N2O3S. The van der Waals surface area contributed by atoms with E-state index in [1.807, 2.05) is 24.3 Å². The standard InChI is InChI=1S/C21H28N2O3S/c1-3-4-5-6-17-9-13-20(14-10-17)23-21(24)19-11-7-18(8-12-19)15-16-22-27(2,25)26/h7-14,22H,3-6,15-16H2,1-2H3,(H,23,24). The molecule has 1 amide bonds. The predicted molar refractivity (Wildman–Crippen MR) is 111 cm³/mol. The normalized spacial score (nSPS) is 11.3. The van der Waals surface area contributed by atoms with Crippen molar-refractivity contribution in [3.8, 4) is 0 Å². The molecule has 146 valence electrons. The molecule has 0 aromatic heterocycles. The average Bonchev–Trinajstić information content (AvgIpc) is 2.63. The maximum Gasteiger partial charge on any atom is 0.255 e. The fraction of sp³-hybridized carbons (Fsp3) is 0.381. The summed E-state index contributed by atoms with van der Waals surface area (Å²) in [4.78, 5) is 12.4. The van der Waals surface area contributed by atoms with Crippen LogP contribution in [0.5, 0.6) is 0 Å². The topological polar surface area (TPSA) is 75.3 Å². The van der Waals surface area contributed by atoms with Crippen LogP contribution in [0.4, 0.5) is 5.69 Å². The van der Waals surface area contributed by atoms with Crippen LogP contribution in [-0.4, -0.2) is 27.1 Å². The lowest BCUT2D eigenvalue weighted by molar-refractivity contribution is 0.102. The fourth-order valence-electron chi connectivity index (χ4n) is 2.74. The van der Waals surface area contributed by atoms with Gasteiger partial charge in [-0.05, 0) is 54.7 Å². The second-order valence-corrected chi connectivity index (χ2v) is 8.55. The van der Waals surface area contributed by atoms with Crippen LogP contribution >= 0.6 is 0 Å². The monoisotopic (exact) mass is 388 g/mol. The molecule has 0 saturated carbocycles. The molecule has 0 fully saturated rings. The lowest BCUT2D eigenvalue weighted by Gasteiger charge is -2.08. The minimum absolute atomic E-state index is 0.158. The van der Waals surface area contributed by atoms with Gasteiger partial charge in [0.1, 0.15) is 0 Å². The molecule has 0 atom stereocenters. The number of hydrogen-bond acceptors (Lipinski definition) is 3. The zero-order valence-corrected chi connectivity index (χ0v) is 16.8. The molecule has 0 aliphatic heterocycles. The van der Waals surface area contributed by atoms with Crippen molar-refractivity contribution in [1.82, 2.24) is 4.72 Å². The van der Waals surface area contributed by atoms with Gasteiger partial charge in [0, 0.05) is 17.8 Å². The number of benzene rings is 2. The molecule has 27 heavy (non-hydrogen) atoms. The van der Waals surface area contributed by atoms with Gasteiger partial charge in [0.2, 0.25) is 10.0 Å². The zero-order valence-electron chi connectivity index (χ0n) is 16.0. The lowest BCUT2D eigenvalue weighted by atomic mass is 10.1. The average molecular weight is 389 g/mol. The van der Waals surface area contributed by atoms with Crippen LogP contribution in [-0.2, 0) is 22.9 Å². The van der Waals surface area contributed by atoms with Gasteiger partial charge in [-0.1, -0.05) is 44.0 Å². The maximum atomic E-state index is 12.4. The highest BCUT2D eigenvalue weighted by atomic mass is 32.2. The molecule has 2 N–H and O–H groups in total. The van der Waals surface area contributed by atoms with Gasteiger partial charge in [0.15, 0.2) is 0 Å². The van der Waals surface area contributed by atoms with E-state index in [9.17, 15) is 13.2 Å². The van der Waals surface area contributed by atoms with Crippen molar-refractivity contribution in [2.75, 3.05) is 18.1 Å². The van der Waals surface area contributed by atoms with Crippen molar-refractivity contribution in [2.24, 2.45) is 0 Å². The molecule has 2 aromatic rings. The van der Waals surface area contributed by atoms with Gasteiger partial charge in [-0.3, -0.25) is 4.79 Å². The fourth-order valence-corrected chi connectivity index (χ4v) is 3.21. The Hall–Kier alpha value is -2.18. The third-order valence-corrected chi connectivity index (χ3v) is 5.00. The minimum atomic E-state index is -3.17. The number of hydrogen-bond donors (Lipinski definition) is 2. The van der Waals surface area contributed by atoms with Gasteiger partial charge < -0.3 is 5.32 Å². The molecule has 2 rings (SSSR count). The van der Waals surface area contributed by atoms with Crippen molar-refractivity contribution >= 4 is 21.6 Å². The molecule has 0 spiro atoms. The molecule has 0 heterocycles. The van der Waals surface area contributed by atoms with Gasteiger partial charge >= 0.3 is 0 Å². The third-order valence-electron chi connectivity index (χ3n) is 4.27. The number of anilines is 1. The predicted octanol–water partition coefficient (Wildman–Crippen LogP) is 3.76. The van der Waals surface area contributed by atoms with Crippen LogP contribution in [0.25, 0.3) is 0 Å². The van der Waals surface area contributed by atoms with E-state index in [0.717, 1.165) is 23.9 Å². The van der Waals surface area contributed by atoms with Crippen molar-refractivity contribution in [3.63, 3.8) is 0 Å². The Balaban J connectivity index is 1.86. The first kappa shape index (κ1) is 21.1. The molecule has 0 bridgehead atoms. The van der Waals surface area contributed by atoms with E-state index in [4.69, 9.17) is 0 Å². The quantitative estimate of drug-likeness (QED) is 0.609. The Kier molecular flexibility index (Phi) is 8.00. The van der Waals surface area contributed by atoms with E-state index in [2.05, 4.69) is 29.1 Å². The number of carbonyl (C=O) groups is 1. The molecular weight excluding hydrogens is 360 g/mol. The molecule has 0 aliphatic carbocycles. The summed E-state index contributed by atoms with van der Waals surface area (Å²) in [5, 5.41) is 2.90. The summed E-state index contributed by atoms with van der Waals surface area (Å²) < 4.78 is 24.6. The summed E-state index contributed by atoms with van der Waals surface area (Å²) in [5.41, 5.74) is 3.61. The van der Waals surface area contributed by atoms with Gasteiger partial charge in [-0.15, -0.1) is 0 Å². The van der Waals surface area contributed by atoms with E-state index < -0.39 is 10.0 Å². The molecule has 0 saturated heterocycles. The van der Waals surface area contributed by atoms with E-state index in [-0.39, 0.29) is 5.91 Å². The summed E-state index contributed by atoms with van der Waals surface area (Å²) >= 11 is 0. The van der Waals surface area contributed by atoms with Crippen LogP contribution in [0.2, 0.25) is 0 Å².